The lowest BCUT2D eigenvalue weighted by Gasteiger charge is -2.26. The molecule has 0 N–H and O–H groups in total. The highest BCUT2D eigenvalue weighted by atomic mass is 35.5. The second-order valence-corrected chi connectivity index (χ2v) is 5.30. The Morgan fingerprint density at radius 1 is 1.53 bits per heavy atom. The van der Waals surface area contributed by atoms with Gasteiger partial charge in [0.1, 0.15) is 0 Å². The van der Waals surface area contributed by atoms with Crippen LogP contribution in [0.5, 0.6) is 0 Å². The van der Waals surface area contributed by atoms with Crippen LogP contribution in [0.15, 0.2) is 0 Å². The zero-order valence-corrected chi connectivity index (χ0v) is 10.5. The van der Waals surface area contributed by atoms with E-state index in [9.17, 15) is 9.59 Å². The molecule has 1 rings (SSSR count). The summed E-state index contributed by atoms with van der Waals surface area (Å²) in [5, 5.41) is 0. The molecule has 0 saturated carbocycles. The van der Waals surface area contributed by atoms with E-state index < -0.39 is 5.41 Å². The molecule has 0 spiro atoms. The van der Waals surface area contributed by atoms with Gasteiger partial charge in [-0.25, -0.2) is 0 Å². The summed E-state index contributed by atoms with van der Waals surface area (Å²) in [5.74, 6) is 0.204. The molecule has 86 valence electrons. The Morgan fingerprint density at radius 3 is 2.40 bits per heavy atom. The number of halogens is 1. The predicted molar refractivity (Wildman–Crippen MR) is 59.5 cm³/mol. The van der Waals surface area contributed by atoms with Crippen LogP contribution in [-0.2, 0) is 9.59 Å². The van der Waals surface area contributed by atoms with E-state index in [1.165, 1.54) is 4.90 Å². The molecular formula is C11H18ClNO2. The maximum absolute atomic E-state index is 12.0. The molecule has 1 aliphatic rings. The Kier molecular flexibility index (Phi) is 3.44. The lowest BCUT2D eigenvalue weighted by Crippen LogP contribution is -2.43. The Hall–Kier alpha value is -0.570. The van der Waals surface area contributed by atoms with Gasteiger partial charge in [-0.3, -0.25) is 14.5 Å². The van der Waals surface area contributed by atoms with E-state index in [1.807, 2.05) is 13.8 Å². The molecule has 0 aliphatic carbocycles. The number of rotatable bonds is 2. The van der Waals surface area contributed by atoms with Gasteiger partial charge in [0.2, 0.25) is 11.8 Å². The third-order valence-corrected chi connectivity index (χ3v) is 3.81. The fourth-order valence-corrected chi connectivity index (χ4v) is 1.75. The van der Waals surface area contributed by atoms with Crippen LogP contribution in [0.4, 0.5) is 0 Å². The van der Waals surface area contributed by atoms with Crippen LogP contribution in [0.2, 0.25) is 0 Å². The minimum Gasteiger partial charge on any atom is -0.282 e. The van der Waals surface area contributed by atoms with Crippen molar-refractivity contribution in [3.05, 3.63) is 0 Å². The minimum absolute atomic E-state index is 0.0555. The maximum Gasteiger partial charge on any atom is 0.236 e. The summed E-state index contributed by atoms with van der Waals surface area (Å²) in [6, 6.07) is 0. The van der Waals surface area contributed by atoms with E-state index in [2.05, 4.69) is 0 Å². The quantitative estimate of drug-likeness (QED) is 0.681. The first-order chi connectivity index (χ1) is 6.81. The van der Waals surface area contributed by atoms with Crippen LogP contribution in [0.1, 0.15) is 27.7 Å². The molecule has 2 amide bonds. The molecule has 2 atom stereocenters. The van der Waals surface area contributed by atoms with Crippen LogP contribution < -0.4 is 0 Å². The van der Waals surface area contributed by atoms with Gasteiger partial charge >= 0.3 is 0 Å². The first kappa shape index (κ1) is 12.5. The smallest absolute Gasteiger partial charge is 0.236 e. The lowest BCUT2D eigenvalue weighted by molar-refractivity contribution is -0.148. The second kappa shape index (κ2) is 4.12. The van der Waals surface area contributed by atoms with Gasteiger partial charge in [0.25, 0.3) is 0 Å². The summed E-state index contributed by atoms with van der Waals surface area (Å²) in [4.78, 5) is 25.2. The number of hydrogen-bond donors (Lipinski definition) is 0. The van der Waals surface area contributed by atoms with Crippen molar-refractivity contribution in [1.29, 1.82) is 0 Å². The van der Waals surface area contributed by atoms with Crippen molar-refractivity contribution in [3.8, 4) is 0 Å². The van der Waals surface area contributed by atoms with Crippen molar-refractivity contribution in [3.63, 3.8) is 0 Å². The lowest BCUT2D eigenvalue weighted by atomic mass is 9.94. The molecule has 1 heterocycles. The van der Waals surface area contributed by atoms with E-state index in [4.69, 9.17) is 11.6 Å². The summed E-state index contributed by atoms with van der Waals surface area (Å²) in [7, 11) is 0. The topological polar surface area (TPSA) is 37.4 Å². The fourth-order valence-electron chi connectivity index (χ4n) is 1.63. The van der Waals surface area contributed by atoms with Gasteiger partial charge in [0.05, 0.1) is 5.41 Å². The first-order valence-corrected chi connectivity index (χ1v) is 5.76. The third-order valence-electron chi connectivity index (χ3n) is 3.14. The van der Waals surface area contributed by atoms with Crippen molar-refractivity contribution in [2.24, 2.45) is 17.3 Å². The fraction of sp³-hybridized carbons (Fsp3) is 0.818. The van der Waals surface area contributed by atoms with Gasteiger partial charge in [-0.2, -0.15) is 0 Å². The standard InChI is InChI=1S/C11H18ClNO2/c1-7-5-13(9(14)8(7)2)10(15)11(3,4)6-12/h7-8H,5-6H2,1-4H3. The zero-order valence-electron chi connectivity index (χ0n) is 9.71. The summed E-state index contributed by atoms with van der Waals surface area (Å²) < 4.78 is 0. The van der Waals surface area contributed by atoms with Gasteiger partial charge in [-0.05, 0) is 19.8 Å². The largest absolute Gasteiger partial charge is 0.282 e. The van der Waals surface area contributed by atoms with E-state index in [0.29, 0.717) is 6.54 Å². The summed E-state index contributed by atoms with van der Waals surface area (Å²) in [6.45, 7) is 7.92. The van der Waals surface area contributed by atoms with E-state index in [-0.39, 0.29) is 29.5 Å². The number of hydrogen-bond acceptors (Lipinski definition) is 2. The second-order valence-electron chi connectivity index (χ2n) is 5.04. The predicted octanol–water partition coefficient (Wildman–Crippen LogP) is 1.89. The average molecular weight is 232 g/mol. The molecule has 2 unspecified atom stereocenters. The molecule has 0 aromatic rings. The molecule has 0 bridgehead atoms. The first-order valence-electron chi connectivity index (χ1n) is 5.23. The van der Waals surface area contributed by atoms with E-state index in [1.54, 1.807) is 13.8 Å². The Bertz CT molecular complexity index is 288. The van der Waals surface area contributed by atoms with E-state index >= 15 is 0 Å². The average Bonchev–Trinajstić information content (AvgIpc) is 2.45. The van der Waals surface area contributed by atoms with Crippen molar-refractivity contribution in [2.45, 2.75) is 27.7 Å². The highest BCUT2D eigenvalue weighted by Crippen LogP contribution is 2.29. The third kappa shape index (κ3) is 2.17. The molecular weight excluding hydrogens is 214 g/mol. The molecule has 0 aromatic heterocycles. The molecule has 0 aromatic carbocycles. The molecule has 0 radical (unpaired) electrons. The Morgan fingerprint density at radius 2 is 2.07 bits per heavy atom. The highest BCUT2D eigenvalue weighted by Gasteiger charge is 2.42. The summed E-state index contributed by atoms with van der Waals surface area (Å²) in [6.07, 6.45) is 0. The number of nitrogens with zero attached hydrogens (tertiary/aromatic N) is 1. The Balaban J connectivity index is 2.83. The van der Waals surface area contributed by atoms with Crippen LogP contribution in [0, 0.1) is 17.3 Å². The van der Waals surface area contributed by atoms with Gasteiger partial charge < -0.3 is 0 Å². The number of amides is 2. The maximum atomic E-state index is 12.0. The molecule has 1 fully saturated rings. The number of carbonyl (C=O) groups excluding carboxylic acids is 2. The van der Waals surface area contributed by atoms with Gasteiger partial charge in [-0.15, -0.1) is 11.6 Å². The number of carbonyl (C=O) groups is 2. The van der Waals surface area contributed by atoms with Crippen molar-refractivity contribution in [2.75, 3.05) is 12.4 Å². The Labute approximate surface area is 95.8 Å². The van der Waals surface area contributed by atoms with Crippen molar-refractivity contribution < 1.29 is 9.59 Å². The normalized spacial score (nSPS) is 27.3. The number of imide groups is 1. The van der Waals surface area contributed by atoms with Gasteiger partial charge in [0, 0.05) is 18.3 Å². The molecule has 4 heteroatoms. The van der Waals surface area contributed by atoms with Crippen LogP contribution >= 0.6 is 11.6 Å². The van der Waals surface area contributed by atoms with Crippen molar-refractivity contribution >= 4 is 23.4 Å². The molecule has 15 heavy (non-hydrogen) atoms. The summed E-state index contributed by atoms with van der Waals surface area (Å²) >= 11 is 5.73. The zero-order chi connectivity index (χ0) is 11.8. The van der Waals surface area contributed by atoms with Crippen molar-refractivity contribution in [1.82, 2.24) is 4.90 Å². The van der Waals surface area contributed by atoms with Gasteiger partial charge in [0.15, 0.2) is 0 Å². The molecule has 1 aliphatic heterocycles. The monoisotopic (exact) mass is 231 g/mol. The van der Waals surface area contributed by atoms with Crippen LogP contribution in [-0.4, -0.2) is 29.1 Å². The molecule has 3 nitrogen and oxygen atoms in total. The summed E-state index contributed by atoms with van der Waals surface area (Å²) in [5.41, 5.74) is -0.652. The number of alkyl halides is 1. The SMILES string of the molecule is CC1CN(C(=O)C(C)(C)CCl)C(=O)C1C. The molecule has 1 saturated heterocycles. The highest BCUT2D eigenvalue weighted by molar-refractivity contribution is 6.20. The van der Waals surface area contributed by atoms with Gasteiger partial charge in [-0.1, -0.05) is 13.8 Å². The van der Waals surface area contributed by atoms with Crippen LogP contribution in [0.3, 0.4) is 0 Å². The number of likely N-dealkylation sites (tertiary alicyclic amines) is 1. The minimum atomic E-state index is -0.652. The van der Waals surface area contributed by atoms with Crippen LogP contribution in [0.25, 0.3) is 0 Å². The van der Waals surface area contributed by atoms with E-state index in [0.717, 1.165) is 0 Å².